The highest BCUT2D eigenvalue weighted by Crippen LogP contribution is 2.61. The zero-order valence-electron chi connectivity index (χ0n) is 34.3. The van der Waals surface area contributed by atoms with Crippen LogP contribution in [0.25, 0.3) is 0 Å². The van der Waals surface area contributed by atoms with E-state index < -0.39 is 24.2 Å². The van der Waals surface area contributed by atoms with Gasteiger partial charge in [-0.3, -0.25) is 14.4 Å². The summed E-state index contributed by atoms with van der Waals surface area (Å²) in [5.41, 5.74) is 0.316. The van der Waals surface area contributed by atoms with Crippen LogP contribution >= 0.6 is 0 Å². The Kier molecular flexibility index (Phi) is 13.3. The van der Waals surface area contributed by atoms with Crippen molar-refractivity contribution >= 4 is 11.8 Å². The van der Waals surface area contributed by atoms with Crippen LogP contribution in [0.5, 0.6) is 0 Å². The van der Waals surface area contributed by atoms with Gasteiger partial charge in [-0.25, -0.2) is 0 Å². The molecule has 2 aliphatic heterocycles. The number of nitrogens with zero attached hydrogens (tertiary/aromatic N) is 2. The zero-order chi connectivity index (χ0) is 38.4. The SMILES string of the molecule is COC1C(CN2O[C@@H](CO)C(C(C)O)[C@H]2C(=O)N[C@H]2CC3C[C@@H]([C@@H]2C)C3(C)C)CCCC1C1CC2CCOC2C(C(=O)N[C@@H](CC(C)C)CN(C)C)C1. The van der Waals surface area contributed by atoms with E-state index in [1.54, 1.807) is 12.0 Å². The highest BCUT2D eigenvalue weighted by molar-refractivity contribution is 5.83. The Labute approximate surface area is 319 Å². The van der Waals surface area contributed by atoms with Crippen molar-refractivity contribution in [3.05, 3.63) is 0 Å². The van der Waals surface area contributed by atoms with E-state index in [1.807, 2.05) is 7.11 Å². The first-order chi connectivity index (χ1) is 25.1. The second kappa shape index (κ2) is 17.0. The summed E-state index contributed by atoms with van der Waals surface area (Å²) < 4.78 is 12.7. The molecule has 0 aromatic rings. The molecule has 0 spiro atoms. The lowest BCUT2D eigenvalue weighted by molar-refractivity contribution is -0.193. The molecule has 304 valence electrons. The van der Waals surface area contributed by atoms with Crippen LogP contribution in [0.2, 0.25) is 0 Å². The fourth-order valence-electron chi connectivity index (χ4n) is 12.5. The van der Waals surface area contributed by atoms with Crippen molar-refractivity contribution in [1.29, 1.82) is 0 Å². The number of hydroxylamine groups is 2. The predicted molar refractivity (Wildman–Crippen MR) is 204 cm³/mol. The van der Waals surface area contributed by atoms with Gasteiger partial charge in [-0.15, -0.1) is 0 Å². The van der Waals surface area contributed by atoms with Crippen LogP contribution in [0.4, 0.5) is 0 Å². The molecule has 10 unspecified atom stereocenters. The molecule has 2 bridgehead atoms. The van der Waals surface area contributed by atoms with E-state index in [1.165, 1.54) is 6.42 Å². The van der Waals surface area contributed by atoms with E-state index in [0.29, 0.717) is 54.1 Å². The summed E-state index contributed by atoms with van der Waals surface area (Å²) in [4.78, 5) is 37.0. The minimum Gasteiger partial charge on any atom is -0.394 e. The van der Waals surface area contributed by atoms with Gasteiger partial charge in [0.05, 0.1) is 30.8 Å². The molecule has 0 aromatic carbocycles. The molecular formula is C42H74N4O7. The summed E-state index contributed by atoms with van der Waals surface area (Å²) in [5, 5.41) is 30.1. The quantitative estimate of drug-likeness (QED) is 0.208. The second-order valence-electron chi connectivity index (χ2n) is 19.6. The monoisotopic (exact) mass is 747 g/mol. The molecule has 16 atom stereocenters. The first kappa shape index (κ1) is 41.3. The van der Waals surface area contributed by atoms with Gasteiger partial charge >= 0.3 is 0 Å². The van der Waals surface area contributed by atoms with Crippen LogP contribution in [0.1, 0.15) is 99.3 Å². The number of rotatable bonds is 14. The molecule has 53 heavy (non-hydrogen) atoms. The normalized spacial score (nSPS) is 42.2. The number of methoxy groups -OCH3 is 1. The molecule has 4 N–H and O–H groups in total. The van der Waals surface area contributed by atoms with Crippen molar-refractivity contribution in [3.63, 3.8) is 0 Å². The minimum atomic E-state index is -0.828. The number of amides is 2. The molecule has 11 nitrogen and oxygen atoms in total. The first-order valence-corrected chi connectivity index (χ1v) is 21.3. The Morgan fingerprint density at radius 3 is 2.42 bits per heavy atom. The van der Waals surface area contributed by atoms with Crippen LogP contribution < -0.4 is 10.6 Å². The first-order valence-electron chi connectivity index (χ1n) is 21.3. The van der Waals surface area contributed by atoms with E-state index in [2.05, 4.69) is 64.2 Å². The van der Waals surface area contributed by atoms with Gasteiger partial charge in [0.1, 0.15) is 12.1 Å². The molecule has 5 aliphatic carbocycles. The molecule has 2 saturated heterocycles. The standard InChI is InChI=1S/C42H74N4O7/c1-23(2)15-30(21-45(7)8)43-40(49)32-17-28(16-26-13-14-52-39(26)32)31-12-10-11-27(38(31)51-9)20-46-37(36(25(4)48)35(22-47)53-46)41(50)44-34-19-29-18-33(24(34)3)42(29,5)6/h23-39,47-48H,10-22H2,1-9H3,(H,43,49)(H,44,50)/t24-,25?,26?,27?,28?,29?,30-,31?,32?,33-,34-,35-,36?,37-,38?,39?/m0/s1. The number of aliphatic hydroxyl groups excluding tert-OH is 2. The Hall–Kier alpha value is -1.34. The largest absolute Gasteiger partial charge is 0.394 e. The van der Waals surface area contributed by atoms with E-state index in [-0.39, 0.29) is 60.5 Å². The van der Waals surface area contributed by atoms with Crippen LogP contribution in [0, 0.1) is 64.6 Å². The summed E-state index contributed by atoms with van der Waals surface area (Å²) in [6.45, 7) is 14.9. The minimum absolute atomic E-state index is 0.0281. The van der Waals surface area contributed by atoms with Crippen LogP contribution in [0.15, 0.2) is 0 Å². The summed E-state index contributed by atoms with van der Waals surface area (Å²) in [5.74, 6) is 2.44. The molecule has 0 aromatic heterocycles. The number of hydrogen-bond donors (Lipinski definition) is 4. The van der Waals surface area contributed by atoms with Gasteiger partial charge in [0.15, 0.2) is 0 Å². The number of nitrogens with one attached hydrogen (secondary N) is 2. The third kappa shape index (κ3) is 8.52. The maximum absolute atomic E-state index is 14.3. The maximum Gasteiger partial charge on any atom is 0.240 e. The third-order valence-electron chi connectivity index (χ3n) is 15.2. The zero-order valence-corrected chi connectivity index (χ0v) is 34.3. The second-order valence-corrected chi connectivity index (χ2v) is 19.6. The van der Waals surface area contributed by atoms with E-state index >= 15 is 0 Å². The number of ether oxygens (including phenoxy) is 2. The Bertz CT molecular complexity index is 1240. The number of likely N-dealkylation sites (N-methyl/N-ethyl adjacent to an activating group) is 1. The molecular weight excluding hydrogens is 672 g/mol. The predicted octanol–water partition coefficient (Wildman–Crippen LogP) is 4.10. The number of fused-ring (bicyclic) bond motifs is 3. The summed E-state index contributed by atoms with van der Waals surface area (Å²) in [6.07, 6.45) is 7.43. The maximum atomic E-state index is 14.3. The number of hydrogen-bond acceptors (Lipinski definition) is 9. The van der Waals surface area contributed by atoms with Gasteiger partial charge in [0, 0.05) is 50.7 Å². The summed E-state index contributed by atoms with van der Waals surface area (Å²) >= 11 is 0. The van der Waals surface area contributed by atoms with E-state index in [9.17, 15) is 19.8 Å². The van der Waals surface area contributed by atoms with Crippen LogP contribution in [-0.2, 0) is 23.9 Å². The van der Waals surface area contributed by atoms with Gasteiger partial charge in [0.25, 0.3) is 0 Å². The van der Waals surface area contributed by atoms with Crippen molar-refractivity contribution in [1.82, 2.24) is 20.6 Å². The Balaban J connectivity index is 1.17. The Morgan fingerprint density at radius 1 is 1.04 bits per heavy atom. The van der Waals surface area contributed by atoms with Crippen molar-refractivity contribution in [2.75, 3.05) is 47.5 Å². The number of carbonyl (C=O) groups excluding carboxylic acids is 2. The van der Waals surface area contributed by atoms with Crippen LogP contribution in [0.3, 0.4) is 0 Å². The molecule has 2 heterocycles. The average molecular weight is 747 g/mol. The smallest absolute Gasteiger partial charge is 0.240 e. The highest BCUT2D eigenvalue weighted by atomic mass is 16.7. The van der Waals surface area contributed by atoms with E-state index in [4.69, 9.17) is 14.3 Å². The van der Waals surface area contributed by atoms with Gasteiger partial charge in [-0.05, 0) is 119 Å². The fraction of sp³-hybridized carbons (Fsp3) is 0.952. The number of carbonyl (C=O) groups is 2. The van der Waals surface area contributed by atoms with Crippen molar-refractivity contribution in [2.24, 2.45) is 64.6 Å². The van der Waals surface area contributed by atoms with Crippen molar-refractivity contribution in [3.8, 4) is 0 Å². The summed E-state index contributed by atoms with van der Waals surface area (Å²) in [6, 6.07) is -0.511. The van der Waals surface area contributed by atoms with Crippen molar-refractivity contribution in [2.45, 2.75) is 142 Å². The molecule has 7 aliphatic rings. The number of aliphatic hydroxyl groups is 2. The lowest BCUT2D eigenvalue weighted by Gasteiger charge is -2.62. The molecule has 7 fully saturated rings. The molecule has 11 heteroatoms. The lowest BCUT2D eigenvalue weighted by Crippen LogP contribution is -2.62. The fourth-order valence-corrected chi connectivity index (χ4v) is 12.5. The topological polar surface area (TPSA) is 133 Å². The van der Waals surface area contributed by atoms with Gasteiger partial charge in [-0.2, -0.15) is 5.06 Å². The average Bonchev–Trinajstić information content (AvgIpc) is 3.72. The van der Waals surface area contributed by atoms with Gasteiger partial charge < -0.3 is 35.2 Å². The molecule has 5 saturated carbocycles. The third-order valence-corrected chi connectivity index (χ3v) is 15.2. The van der Waals surface area contributed by atoms with Gasteiger partial charge in [-0.1, -0.05) is 41.0 Å². The lowest BCUT2D eigenvalue weighted by atomic mass is 9.45. The van der Waals surface area contributed by atoms with Gasteiger partial charge in [0.2, 0.25) is 11.8 Å². The molecule has 7 rings (SSSR count). The van der Waals surface area contributed by atoms with Crippen molar-refractivity contribution < 1.29 is 34.1 Å². The van der Waals surface area contributed by atoms with Crippen LogP contribution in [-0.4, -0.2) is 122 Å². The van der Waals surface area contributed by atoms with E-state index in [0.717, 1.165) is 57.9 Å². The molecule has 2 amide bonds. The highest BCUT2D eigenvalue weighted by Gasteiger charge is 2.58. The Morgan fingerprint density at radius 2 is 1.79 bits per heavy atom. The molecule has 0 radical (unpaired) electrons. The summed E-state index contributed by atoms with van der Waals surface area (Å²) in [7, 11) is 5.93.